The number of amides is 1. The normalized spacial score (nSPS) is 5.33. The molecule has 0 unspecified atom stereocenters. The summed E-state index contributed by atoms with van der Waals surface area (Å²) in [4.78, 5) is 14.1. The van der Waals surface area contributed by atoms with Gasteiger partial charge in [-0.05, 0) is 12.1 Å². The Bertz CT molecular complexity index is 220. The van der Waals surface area contributed by atoms with Crippen molar-refractivity contribution in [1.29, 1.82) is 0 Å². The molecule has 1 amide bonds. The van der Waals surface area contributed by atoms with Crippen LogP contribution in [0.3, 0.4) is 0 Å². The number of carbonyl (C=O) groups is 1. The molecule has 0 spiro atoms. The molecule has 1 aromatic heterocycles. The van der Waals surface area contributed by atoms with Crippen LogP contribution < -0.4 is 5.73 Å². The van der Waals surface area contributed by atoms with Crippen molar-refractivity contribution in [3.8, 4) is 0 Å². The third-order valence-corrected chi connectivity index (χ3v) is 0.965. The zero-order valence-electron chi connectivity index (χ0n) is 7.98. The molecule has 1 heterocycles. The molecule has 0 aliphatic carbocycles. The molecular weight excluding hydrogens is 287 g/mol. The first kappa shape index (κ1) is 36.9. The van der Waals surface area contributed by atoms with Gasteiger partial charge >= 0.3 is 19.5 Å². The predicted molar refractivity (Wildman–Crippen MR) is 59.2 cm³/mol. The van der Waals surface area contributed by atoms with E-state index in [4.69, 9.17) is 5.73 Å². The smallest absolute Gasteiger partial charge is 0.693 e. The van der Waals surface area contributed by atoms with Crippen molar-refractivity contribution in [2.75, 3.05) is 0 Å². The quantitative estimate of drug-likeness (QED) is 0.764. The van der Waals surface area contributed by atoms with E-state index in [-0.39, 0.29) is 50.2 Å². The van der Waals surface area contributed by atoms with Gasteiger partial charge in [-0.3, -0.25) is 9.78 Å². The second-order valence-electron chi connectivity index (χ2n) is 1.60. The maximum absolute atomic E-state index is 10.4. The van der Waals surface area contributed by atoms with Gasteiger partial charge in [-0.2, -0.15) is 0 Å². The van der Waals surface area contributed by atoms with E-state index in [9.17, 15) is 4.79 Å². The van der Waals surface area contributed by atoms with Gasteiger partial charge in [0.05, 0.1) is 0 Å². The van der Waals surface area contributed by atoms with Gasteiger partial charge in [0.25, 0.3) is 0 Å². The number of hydrogen-bond donors (Lipinski definition) is 1. The van der Waals surface area contributed by atoms with Crippen molar-refractivity contribution >= 4 is 5.91 Å². The first-order valence-corrected chi connectivity index (χ1v) is 2.50. The Morgan fingerprint density at radius 2 is 1.33 bits per heavy atom. The number of rotatable bonds is 1. The SMILES string of the molecule is NC(=O)c1ccncc1.[NH2-].[NH2-].[NH2-].[NH2-].[NH2-].[Ru+2]. The molecule has 9 heteroatoms. The van der Waals surface area contributed by atoms with Gasteiger partial charge in [-0.25, -0.2) is 0 Å². The van der Waals surface area contributed by atoms with Gasteiger partial charge in [0.1, 0.15) is 0 Å². The van der Waals surface area contributed by atoms with Crippen LogP contribution in [0.1, 0.15) is 10.4 Å². The minimum atomic E-state index is -0.419. The van der Waals surface area contributed by atoms with E-state index < -0.39 is 5.91 Å². The number of primary amides is 1. The number of nitrogens with two attached hydrogens (primary N) is 6. The second kappa shape index (κ2) is 18.8. The summed E-state index contributed by atoms with van der Waals surface area (Å²) in [5.41, 5.74) is 5.44. The number of aromatic nitrogens is 1. The van der Waals surface area contributed by atoms with Crippen LogP contribution in [-0.2, 0) is 19.5 Å². The zero-order valence-corrected chi connectivity index (χ0v) is 9.72. The van der Waals surface area contributed by atoms with Crippen molar-refractivity contribution in [2.45, 2.75) is 0 Å². The summed E-state index contributed by atoms with van der Waals surface area (Å²) in [5, 5.41) is 0. The van der Waals surface area contributed by atoms with Crippen molar-refractivity contribution in [2.24, 2.45) is 5.73 Å². The Hall–Kier alpha value is -0.957. The Balaban J connectivity index is -0.0000000337. The van der Waals surface area contributed by atoms with Gasteiger partial charge in [0.15, 0.2) is 0 Å². The third kappa shape index (κ3) is 13.0. The first-order chi connectivity index (χ1) is 4.30. The molecular formula is C6H16N7ORu-3. The summed E-state index contributed by atoms with van der Waals surface area (Å²) in [7, 11) is 0. The fraction of sp³-hybridized carbons (Fsp3) is 0. The molecule has 12 N–H and O–H groups in total. The topological polar surface area (TPSA) is 223 Å². The summed E-state index contributed by atoms with van der Waals surface area (Å²) >= 11 is 0. The molecule has 0 aliphatic rings. The fourth-order valence-corrected chi connectivity index (χ4v) is 0.516. The minimum Gasteiger partial charge on any atom is -0.693 e. The van der Waals surface area contributed by atoms with Crippen molar-refractivity contribution in [3.05, 3.63) is 60.8 Å². The minimum absolute atomic E-state index is 0. The molecule has 0 bridgehead atoms. The maximum Gasteiger partial charge on any atom is 2.00 e. The zero-order chi connectivity index (χ0) is 6.69. The average Bonchev–Trinajstić information content (AvgIpc) is 1.90. The summed E-state index contributed by atoms with van der Waals surface area (Å²) in [6, 6.07) is 3.14. The molecule has 0 fully saturated rings. The van der Waals surface area contributed by atoms with E-state index in [1.807, 2.05) is 0 Å². The first-order valence-electron chi connectivity index (χ1n) is 2.50. The predicted octanol–water partition coefficient (Wildman–Crippen LogP) is 3.76. The summed E-state index contributed by atoms with van der Waals surface area (Å²) in [6.45, 7) is 0. The van der Waals surface area contributed by atoms with Gasteiger partial charge in [-0.15, -0.1) is 0 Å². The number of nitrogens with zero attached hydrogens (tertiary/aromatic N) is 1. The Kier molecular flexibility index (Phi) is 46.2. The summed E-state index contributed by atoms with van der Waals surface area (Å²) in [5.74, 6) is -0.419. The molecule has 1 aromatic rings. The Morgan fingerprint density at radius 1 is 1.00 bits per heavy atom. The van der Waals surface area contributed by atoms with Crippen LogP contribution in [0.4, 0.5) is 0 Å². The van der Waals surface area contributed by atoms with Crippen LogP contribution in [-0.4, -0.2) is 10.9 Å². The fourth-order valence-electron chi connectivity index (χ4n) is 0.516. The van der Waals surface area contributed by atoms with Crippen LogP contribution in [0.25, 0.3) is 30.8 Å². The van der Waals surface area contributed by atoms with Gasteiger partial charge in [-0.1, -0.05) is 0 Å². The van der Waals surface area contributed by atoms with Crippen molar-refractivity contribution in [1.82, 2.24) is 4.98 Å². The van der Waals surface area contributed by atoms with Crippen LogP contribution in [0, 0.1) is 0 Å². The molecule has 0 aliphatic heterocycles. The van der Waals surface area contributed by atoms with E-state index in [0.717, 1.165) is 0 Å². The van der Waals surface area contributed by atoms with Gasteiger partial charge in [0.2, 0.25) is 5.91 Å². The van der Waals surface area contributed by atoms with E-state index in [1.165, 1.54) is 12.4 Å². The molecule has 15 heavy (non-hydrogen) atoms. The molecule has 0 atom stereocenters. The molecule has 92 valence electrons. The average molecular weight is 303 g/mol. The van der Waals surface area contributed by atoms with Gasteiger partial charge < -0.3 is 36.5 Å². The second-order valence-corrected chi connectivity index (χ2v) is 1.60. The number of pyridine rings is 1. The molecule has 0 saturated heterocycles. The maximum atomic E-state index is 10.4. The van der Waals surface area contributed by atoms with E-state index in [0.29, 0.717) is 5.56 Å². The summed E-state index contributed by atoms with van der Waals surface area (Å²) in [6.07, 6.45) is 3.06. The standard InChI is InChI=1S/C6H6N2O.5H2N.Ru/c7-6(9)5-1-3-8-4-2-5;;;;;;/h1-4H,(H2,7,9);5*1H2;/q;5*-1;+2. The Morgan fingerprint density at radius 3 is 1.53 bits per heavy atom. The van der Waals surface area contributed by atoms with Crippen molar-refractivity contribution in [3.63, 3.8) is 0 Å². The van der Waals surface area contributed by atoms with Crippen LogP contribution in [0.5, 0.6) is 0 Å². The molecule has 8 nitrogen and oxygen atoms in total. The number of hydrogen-bond acceptors (Lipinski definition) is 2. The molecule has 0 radical (unpaired) electrons. The van der Waals surface area contributed by atoms with Crippen molar-refractivity contribution < 1.29 is 24.3 Å². The largest absolute Gasteiger partial charge is 2.00 e. The summed E-state index contributed by atoms with van der Waals surface area (Å²) < 4.78 is 0. The number of carbonyl (C=O) groups excluding carboxylic acids is 1. The monoisotopic (exact) mass is 304 g/mol. The van der Waals surface area contributed by atoms with Crippen LogP contribution >= 0.6 is 0 Å². The van der Waals surface area contributed by atoms with Crippen LogP contribution in [0.15, 0.2) is 24.5 Å². The van der Waals surface area contributed by atoms with E-state index >= 15 is 0 Å². The third-order valence-electron chi connectivity index (χ3n) is 0.965. The van der Waals surface area contributed by atoms with E-state index in [2.05, 4.69) is 4.98 Å². The van der Waals surface area contributed by atoms with E-state index in [1.54, 1.807) is 12.1 Å². The Labute approximate surface area is 102 Å². The van der Waals surface area contributed by atoms with Crippen LogP contribution in [0.2, 0.25) is 0 Å². The molecule has 0 aromatic carbocycles. The molecule has 1 rings (SSSR count). The molecule has 0 saturated carbocycles. The van der Waals surface area contributed by atoms with Gasteiger partial charge in [0, 0.05) is 18.0 Å².